The van der Waals surface area contributed by atoms with Crippen LogP contribution in [0.15, 0.2) is 42.5 Å². The van der Waals surface area contributed by atoms with Crippen LogP contribution >= 0.6 is 11.6 Å². The molecule has 0 amide bonds. The molecule has 100 valence electrons. The van der Waals surface area contributed by atoms with Crippen molar-refractivity contribution in [2.75, 3.05) is 7.05 Å². The lowest BCUT2D eigenvalue weighted by Crippen LogP contribution is -2.18. The van der Waals surface area contributed by atoms with Crippen LogP contribution in [0.1, 0.15) is 35.2 Å². The van der Waals surface area contributed by atoms with Gasteiger partial charge in [0.2, 0.25) is 0 Å². The SMILES string of the molecule is CCc1cccc(C(NC)c2cccc(C)c2Cl)c1. The van der Waals surface area contributed by atoms with Gasteiger partial charge in [-0.2, -0.15) is 0 Å². The molecule has 2 heteroatoms. The lowest BCUT2D eigenvalue weighted by Gasteiger charge is -2.20. The summed E-state index contributed by atoms with van der Waals surface area (Å²) in [6.07, 6.45) is 1.05. The maximum Gasteiger partial charge on any atom is 0.0589 e. The molecular weight excluding hydrogens is 254 g/mol. The van der Waals surface area contributed by atoms with Gasteiger partial charge in [0.1, 0.15) is 0 Å². The van der Waals surface area contributed by atoms with E-state index >= 15 is 0 Å². The topological polar surface area (TPSA) is 12.0 Å². The van der Waals surface area contributed by atoms with Crippen LogP contribution in [-0.4, -0.2) is 7.05 Å². The van der Waals surface area contributed by atoms with Gasteiger partial charge in [-0.25, -0.2) is 0 Å². The van der Waals surface area contributed by atoms with Crippen molar-refractivity contribution in [2.45, 2.75) is 26.3 Å². The number of halogens is 1. The third kappa shape index (κ3) is 2.99. The van der Waals surface area contributed by atoms with Crippen LogP contribution < -0.4 is 5.32 Å². The largest absolute Gasteiger partial charge is 0.309 e. The fourth-order valence-corrected chi connectivity index (χ4v) is 2.62. The van der Waals surface area contributed by atoms with Gasteiger partial charge in [-0.05, 0) is 42.6 Å². The van der Waals surface area contributed by atoms with Crippen molar-refractivity contribution in [3.63, 3.8) is 0 Å². The fourth-order valence-electron chi connectivity index (χ4n) is 2.39. The van der Waals surface area contributed by atoms with Crippen LogP contribution in [0.5, 0.6) is 0 Å². The van der Waals surface area contributed by atoms with Gasteiger partial charge >= 0.3 is 0 Å². The Morgan fingerprint density at radius 1 is 1.16 bits per heavy atom. The minimum absolute atomic E-state index is 0.138. The van der Waals surface area contributed by atoms with Gasteiger partial charge in [0.05, 0.1) is 6.04 Å². The zero-order chi connectivity index (χ0) is 13.8. The molecule has 2 rings (SSSR count). The average molecular weight is 274 g/mol. The van der Waals surface area contributed by atoms with Gasteiger partial charge in [-0.15, -0.1) is 0 Å². The zero-order valence-corrected chi connectivity index (χ0v) is 12.5. The van der Waals surface area contributed by atoms with E-state index in [1.807, 2.05) is 20.0 Å². The number of rotatable bonds is 4. The summed E-state index contributed by atoms with van der Waals surface area (Å²) in [5.41, 5.74) is 4.86. The van der Waals surface area contributed by atoms with Crippen LogP contribution in [0.4, 0.5) is 0 Å². The summed E-state index contributed by atoms with van der Waals surface area (Å²) in [5.74, 6) is 0. The Morgan fingerprint density at radius 3 is 2.58 bits per heavy atom. The van der Waals surface area contributed by atoms with Crippen molar-refractivity contribution >= 4 is 11.6 Å². The van der Waals surface area contributed by atoms with Crippen LogP contribution in [0.2, 0.25) is 5.02 Å². The average Bonchev–Trinajstić information content (AvgIpc) is 2.44. The van der Waals surface area contributed by atoms with Gasteiger partial charge in [0.15, 0.2) is 0 Å². The molecule has 0 bridgehead atoms. The Balaban J connectivity index is 2.46. The first kappa shape index (κ1) is 14.1. The highest BCUT2D eigenvalue weighted by Crippen LogP contribution is 2.30. The summed E-state index contributed by atoms with van der Waals surface area (Å²) in [7, 11) is 1.97. The number of aryl methyl sites for hydroxylation is 2. The number of hydrogen-bond donors (Lipinski definition) is 1. The summed E-state index contributed by atoms with van der Waals surface area (Å²) in [5, 5.41) is 4.22. The molecule has 0 saturated carbocycles. The van der Waals surface area contributed by atoms with E-state index in [1.165, 1.54) is 11.1 Å². The van der Waals surface area contributed by atoms with Crippen molar-refractivity contribution in [3.05, 3.63) is 69.7 Å². The minimum Gasteiger partial charge on any atom is -0.309 e. The van der Waals surface area contributed by atoms with Gasteiger partial charge in [-0.1, -0.05) is 61.0 Å². The maximum atomic E-state index is 6.45. The highest BCUT2D eigenvalue weighted by molar-refractivity contribution is 6.32. The van der Waals surface area contributed by atoms with Crippen LogP contribution in [0.3, 0.4) is 0 Å². The molecule has 1 nitrogen and oxygen atoms in total. The van der Waals surface area contributed by atoms with E-state index in [9.17, 15) is 0 Å². The standard InChI is InChI=1S/C17H20ClN/c1-4-13-8-6-9-14(11-13)17(19-3)15-10-5-7-12(2)16(15)18/h5-11,17,19H,4H2,1-3H3. The Labute approximate surface area is 120 Å². The molecule has 0 aliphatic rings. The van der Waals surface area contributed by atoms with E-state index in [0.29, 0.717) is 0 Å². The molecule has 0 aliphatic heterocycles. The molecule has 19 heavy (non-hydrogen) atoms. The summed E-state index contributed by atoms with van der Waals surface area (Å²) in [6.45, 7) is 4.22. The lowest BCUT2D eigenvalue weighted by atomic mass is 9.95. The van der Waals surface area contributed by atoms with Gasteiger partial charge in [0.25, 0.3) is 0 Å². The Bertz CT molecular complexity index is 563. The molecule has 0 aliphatic carbocycles. The first-order valence-electron chi connectivity index (χ1n) is 6.68. The van der Waals surface area contributed by atoms with Crippen LogP contribution in [0, 0.1) is 6.92 Å². The van der Waals surface area contributed by atoms with Gasteiger partial charge in [-0.3, -0.25) is 0 Å². The molecule has 1 unspecified atom stereocenters. The van der Waals surface area contributed by atoms with Crippen molar-refractivity contribution in [1.82, 2.24) is 5.32 Å². The van der Waals surface area contributed by atoms with Crippen LogP contribution in [-0.2, 0) is 6.42 Å². The molecule has 0 radical (unpaired) electrons. The second-order valence-electron chi connectivity index (χ2n) is 4.80. The first-order chi connectivity index (χ1) is 9.17. The predicted octanol–water partition coefficient (Wildman–Crippen LogP) is 4.52. The molecule has 1 N–H and O–H groups in total. The summed E-state index contributed by atoms with van der Waals surface area (Å²) < 4.78 is 0. The Kier molecular flexibility index (Phi) is 4.62. The first-order valence-corrected chi connectivity index (χ1v) is 7.06. The molecule has 0 aromatic heterocycles. The number of benzene rings is 2. The number of nitrogens with one attached hydrogen (secondary N) is 1. The van der Waals surface area contributed by atoms with E-state index in [0.717, 1.165) is 22.6 Å². The molecule has 0 spiro atoms. The molecular formula is C17H20ClN. The lowest BCUT2D eigenvalue weighted by molar-refractivity contribution is 0.690. The highest BCUT2D eigenvalue weighted by atomic mass is 35.5. The smallest absolute Gasteiger partial charge is 0.0589 e. The summed E-state index contributed by atoms with van der Waals surface area (Å²) in [4.78, 5) is 0. The van der Waals surface area contributed by atoms with Crippen molar-refractivity contribution < 1.29 is 0 Å². The normalized spacial score (nSPS) is 12.4. The quantitative estimate of drug-likeness (QED) is 0.864. The van der Waals surface area contributed by atoms with Gasteiger partial charge in [0, 0.05) is 5.02 Å². The zero-order valence-electron chi connectivity index (χ0n) is 11.7. The van der Waals surface area contributed by atoms with E-state index in [2.05, 4.69) is 48.6 Å². The third-order valence-electron chi connectivity index (χ3n) is 3.51. The molecule has 2 aromatic carbocycles. The predicted molar refractivity (Wildman–Crippen MR) is 82.9 cm³/mol. The van der Waals surface area contributed by atoms with Crippen molar-refractivity contribution in [3.8, 4) is 0 Å². The molecule has 1 atom stereocenters. The second-order valence-corrected chi connectivity index (χ2v) is 5.18. The second kappa shape index (κ2) is 6.23. The monoisotopic (exact) mass is 273 g/mol. The summed E-state index contributed by atoms with van der Waals surface area (Å²) >= 11 is 6.45. The number of hydrogen-bond acceptors (Lipinski definition) is 1. The van der Waals surface area contributed by atoms with E-state index in [-0.39, 0.29) is 6.04 Å². The van der Waals surface area contributed by atoms with Crippen molar-refractivity contribution in [2.24, 2.45) is 0 Å². The third-order valence-corrected chi connectivity index (χ3v) is 4.03. The summed E-state index contributed by atoms with van der Waals surface area (Å²) in [6, 6.07) is 15.0. The van der Waals surface area contributed by atoms with Gasteiger partial charge < -0.3 is 5.32 Å². The van der Waals surface area contributed by atoms with E-state index in [4.69, 9.17) is 11.6 Å². The van der Waals surface area contributed by atoms with Crippen molar-refractivity contribution in [1.29, 1.82) is 0 Å². The fraction of sp³-hybridized carbons (Fsp3) is 0.294. The molecule has 0 saturated heterocycles. The van der Waals surface area contributed by atoms with Crippen LogP contribution in [0.25, 0.3) is 0 Å². The minimum atomic E-state index is 0.138. The molecule has 0 fully saturated rings. The van der Waals surface area contributed by atoms with E-state index in [1.54, 1.807) is 0 Å². The molecule has 0 heterocycles. The maximum absolute atomic E-state index is 6.45. The molecule has 2 aromatic rings. The van der Waals surface area contributed by atoms with E-state index < -0.39 is 0 Å². The highest BCUT2D eigenvalue weighted by Gasteiger charge is 2.16. The Morgan fingerprint density at radius 2 is 1.89 bits per heavy atom. The Hall–Kier alpha value is -1.31.